The van der Waals surface area contributed by atoms with Crippen LogP contribution in [-0.4, -0.2) is 17.6 Å². The third kappa shape index (κ3) is 3.79. The summed E-state index contributed by atoms with van der Waals surface area (Å²) < 4.78 is 1.03. The molecule has 0 bridgehead atoms. The van der Waals surface area contributed by atoms with Gasteiger partial charge in [0, 0.05) is 22.6 Å². The Hall–Kier alpha value is -1.13. The highest BCUT2D eigenvalue weighted by Crippen LogP contribution is 2.16. The summed E-state index contributed by atoms with van der Waals surface area (Å²) in [6.45, 7) is 5.73. The van der Waals surface area contributed by atoms with Crippen LogP contribution >= 0.6 is 15.9 Å². The minimum atomic E-state index is -0.962. The number of aliphatic carboxylic acids is 1. The van der Waals surface area contributed by atoms with Crippen molar-refractivity contribution in [3.63, 3.8) is 0 Å². The summed E-state index contributed by atoms with van der Waals surface area (Å²) in [5.74, 6) is -0.962. The summed E-state index contributed by atoms with van der Waals surface area (Å²) in [4.78, 5) is 10.5. The number of hydrogen-bond donors (Lipinski definition) is 2. The standard InChI is InChI=1S/C12H14BrNO2/c1-8(12(15)16)7-14-9(2)10-3-5-11(13)6-4-10/h3-6,9,14H,1,7H2,2H3,(H,15,16). The topological polar surface area (TPSA) is 49.3 Å². The smallest absolute Gasteiger partial charge is 0.332 e. The molecule has 86 valence electrons. The van der Waals surface area contributed by atoms with Gasteiger partial charge in [0.25, 0.3) is 0 Å². The summed E-state index contributed by atoms with van der Waals surface area (Å²) in [6, 6.07) is 8.00. The Morgan fingerprint density at radius 1 is 1.50 bits per heavy atom. The van der Waals surface area contributed by atoms with Gasteiger partial charge in [-0.3, -0.25) is 0 Å². The first kappa shape index (κ1) is 12.9. The largest absolute Gasteiger partial charge is 0.478 e. The van der Waals surface area contributed by atoms with Crippen molar-refractivity contribution in [2.75, 3.05) is 6.54 Å². The van der Waals surface area contributed by atoms with Crippen LogP contribution in [0.3, 0.4) is 0 Å². The zero-order chi connectivity index (χ0) is 12.1. The summed E-state index contributed by atoms with van der Waals surface area (Å²) in [7, 11) is 0. The second-order valence-electron chi connectivity index (χ2n) is 3.56. The normalized spacial score (nSPS) is 12.1. The Morgan fingerprint density at radius 3 is 2.56 bits per heavy atom. The Labute approximate surface area is 103 Å². The highest BCUT2D eigenvalue weighted by molar-refractivity contribution is 9.10. The van der Waals surface area contributed by atoms with Crippen molar-refractivity contribution in [1.29, 1.82) is 0 Å². The zero-order valence-corrected chi connectivity index (χ0v) is 10.6. The number of nitrogens with one attached hydrogen (secondary N) is 1. The van der Waals surface area contributed by atoms with Crippen LogP contribution in [0.4, 0.5) is 0 Å². The average Bonchev–Trinajstić information content (AvgIpc) is 2.26. The van der Waals surface area contributed by atoms with Gasteiger partial charge in [-0.05, 0) is 24.6 Å². The minimum Gasteiger partial charge on any atom is -0.478 e. The van der Waals surface area contributed by atoms with Gasteiger partial charge >= 0.3 is 5.97 Å². The van der Waals surface area contributed by atoms with Crippen molar-refractivity contribution in [2.45, 2.75) is 13.0 Å². The molecule has 3 nitrogen and oxygen atoms in total. The van der Waals surface area contributed by atoms with Crippen molar-refractivity contribution in [3.8, 4) is 0 Å². The van der Waals surface area contributed by atoms with E-state index in [4.69, 9.17) is 5.11 Å². The number of carboxylic acids is 1. The zero-order valence-electron chi connectivity index (χ0n) is 9.03. The van der Waals surface area contributed by atoms with Gasteiger partial charge in [-0.1, -0.05) is 34.6 Å². The van der Waals surface area contributed by atoms with E-state index in [1.807, 2.05) is 31.2 Å². The van der Waals surface area contributed by atoms with E-state index in [1.54, 1.807) is 0 Å². The molecule has 0 fully saturated rings. The Morgan fingerprint density at radius 2 is 2.06 bits per heavy atom. The lowest BCUT2D eigenvalue weighted by atomic mass is 10.1. The van der Waals surface area contributed by atoms with Crippen molar-refractivity contribution < 1.29 is 9.90 Å². The first-order valence-electron chi connectivity index (χ1n) is 4.90. The van der Waals surface area contributed by atoms with E-state index in [0.717, 1.165) is 10.0 Å². The fourth-order valence-corrected chi connectivity index (χ4v) is 1.49. The highest BCUT2D eigenvalue weighted by Gasteiger charge is 2.08. The Bertz CT molecular complexity index is 387. The Balaban J connectivity index is 2.52. The first-order valence-corrected chi connectivity index (χ1v) is 5.70. The van der Waals surface area contributed by atoms with Gasteiger partial charge in [0.1, 0.15) is 0 Å². The van der Waals surface area contributed by atoms with Gasteiger partial charge in [0.15, 0.2) is 0 Å². The van der Waals surface area contributed by atoms with Gasteiger partial charge in [-0.15, -0.1) is 0 Å². The maximum atomic E-state index is 10.5. The van der Waals surface area contributed by atoms with E-state index < -0.39 is 5.97 Å². The molecule has 0 aromatic heterocycles. The minimum absolute atomic E-state index is 0.101. The van der Waals surface area contributed by atoms with E-state index in [1.165, 1.54) is 0 Å². The van der Waals surface area contributed by atoms with Gasteiger partial charge < -0.3 is 10.4 Å². The van der Waals surface area contributed by atoms with Gasteiger partial charge in [-0.2, -0.15) is 0 Å². The lowest BCUT2D eigenvalue weighted by Crippen LogP contribution is -2.23. The second kappa shape index (κ2) is 5.82. The van der Waals surface area contributed by atoms with Crippen molar-refractivity contribution in [3.05, 3.63) is 46.5 Å². The summed E-state index contributed by atoms with van der Waals surface area (Å²) in [5, 5.41) is 11.8. The number of hydrogen-bond acceptors (Lipinski definition) is 2. The lowest BCUT2D eigenvalue weighted by molar-refractivity contribution is -0.132. The lowest BCUT2D eigenvalue weighted by Gasteiger charge is -2.14. The number of halogens is 1. The van der Waals surface area contributed by atoms with Crippen LogP contribution < -0.4 is 5.32 Å². The van der Waals surface area contributed by atoms with Crippen LogP contribution in [0.5, 0.6) is 0 Å². The molecule has 1 unspecified atom stereocenters. The molecule has 2 N–H and O–H groups in total. The molecule has 0 radical (unpaired) electrons. The molecule has 0 aliphatic rings. The van der Waals surface area contributed by atoms with Gasteiger partial charge in [-0.25, -0.2) is 4.79 Å². The molecule has 0 saturated heterocycles. The van der Waals surface area contributed by atoms with Crippen molar-refractivity contribution >= 4 is 21.9 Å². The summed E-state index contributed by atoms with van der Waals surface area (Å²) in [6.07, 6.45) is 0. The number of carbonyl (C=O) groups is 1. The van der Waals surface area contributed by atoms with Crippen molar-refractivity contribution in [1.82, 2.24) is 5.32 Å². The molecule has 1 rings (SSSR count). The van der Waals surface area contributed by atoms with E-state index in [-0.39, 0.29) is 18.2 Å². The third-order valence-corrected chi connectivity index (χ3v) is 2.82. The van der Waals surface area contributed by atoms with E-state index in [0.29, 0.717) is 0 Å². The van der Waals surface area contributed by atoms with Crippen LogP contribution in [0.15, 0.2) is 40.9 Å². The predicted octanol–water partition coefficient (Wildman–Crippen LogP) is 2.74. The van der Waals surface area contributed by atoms with Crippen LogP contribution in [0, 0.1) is 0 Å². The molecule has 1 aromatic rings. The maximum absolute atomic E-state index is 10.5. The molecule has 16 heavy (non-hydrogen) atoms. The molecular formula is C12H14BrNO2. The monoisotopic (exact) mass is 283 g/mol. The van der Waals surface area contributed by atoms with Crippen LogP contribution in [0.2, 0.25) is 0 Å². The third-order valence-electron chi connectivity index (χ3n) is 2.29. The summed E-state index contributed by atoms with van der Waals surface area (Å²) in [5.41, 5.74) is 1.28. The molecule has 1 aromatic carbocycles. The molecular weight excluding hydrogens is 270 g/mol. The first-order chi connectivity index (χ1) is 7.50. The van der Waals surface area contributed by atoms with E-state index in [2.05, 4.69) is 27.8 Å². The fraction of sp³-hybridized carbons (Fsp3) is 0.250. The van der Waals surface area contributed by atoms with E-state index in [9.17, 15) is 4.79 Å². The molecule has 0 aliphatic carbocycles. The quantitative estimate of drug-likeness (QED) is 0.817. The van der Waals surface area contributed by atoms with Crippen molar-refractivity contribution in [2.24, 2.45) is 0 Å². The molecule has 0 amide bonds. The number of benzene rings is 1. The van der Waals surface area contributed by atoms with Crippen LogP contribution in [0.1, 0.15) is 18.5 Å². The predicted molar refractivity (Wildman–Crippen MR) is 67.3 cm³/mol. The van der Waals surface area contributed by atoms with Gasteiger partial charge in [0.05, 0.1) is 0 Å². The Kier molecular flexibility index (Phi) is 4.71. The average molecular weight is 284 g/mol. The fourth-order valence-electron chi connectivity index (χ4n) is 1.22. The van der Waals surface area contributed by atoms with Crippen LogP contribution in [0.25, 0.3) is 0 Å². The summed E-state index contributed by atoms with van der Waals surface area (Å²) >= 11 is 3.36. The number of carboxylic acid groups (broad SMARTS) is 1. The van der Waals surface area contributed by atoms with E-state index >= 15 is 0 Å². The second-order valence-corrected chi connectivity index (χ2v) is 4.48. The molecule has 4 heteroatoms. The highest BCUT2D eigenvalue weighted by atomic mass is 79.9. The maximum Gasteiger partial charge on any atom is 0.332 e. The van der Waals surface area contributed by atoms with Gasteiger partial charge in [0.2, 0.25) is 0 Å². The molecule has 1 atom stereocenters. The molecule has 0 saturated carbocycles. The number of rotatable bonds is 5. The SMILES string of the molecule is C=C(CNC(C)c1ccc(Br)cc1)C(=O)O. The van der Waals surface area contributed by atoms with Crippen LogP contribution in [-0.2, 0) is 4.79 Å². The molecule has 0 spiro atoms. The molecule has 0 aliphatic heterocycles. The molecule has 0 heterocycles.